The van der Waals surface area contributed by atoms with Crippen molar-refractivity contribution in [2.75, 3.05) is 11.9 Å². The minimum Gasteiger partial charge on any atom is -0.481 e. The maximum Gasteiger partial charge on any atom is 0.311 e. The van der Waals surface area contributed by atoms with Crippen LogP contribution in [-0.2, 0) is 4.79 Å². The van der Waals surface area contributed by atoms with E-state index in [0.717, 1.165) is 0 Å². The van der Waals surface area contributed by atoms with Crippen LogP contribution in [-0.4, -0.2) is 28.5 Å². The van der Waals surface area contributed by atoms with Gasteiger partial charge >= 0.3 is 5.97 Å². The largest absolute Gasteiger partial charge is 0.481 e. The molecule has 0 radical (unpaired) electrons. The van der Waals surface area contributed by atoms with Crippen LogP contribution in [0.5, 0.6) is 0 Å². The summed E-state index contributed by atoms with van der Waals surface area (Å²) in [6.45, 7) is 3.69. The smallest absolute Gasteiger partial charge is 0.311 e. The first-order valence-electron chi connectivity index (χ1n) is 5.63. The molecule has 0 fully saturated rings. The lowest BCUT2D eigenvalue weighted by molar-refractivity contribution is -0.147. The Bertz CT molecular complexity index is 462. The summed E-state index contributed by atoms with van der Waals surface area (Å²) in [6, 6.07) is 4.80. The van der Waals surface area contributed by atoms with Crippen LogP contribution in [0.2, 0.25) is 0 Å². The number of anilines is 1. The Hall–Kier alpha value is -2.11. The van der Waals surface area contributed by atoms with Crippen molar-refractivity contribution in [3.63, 3.8) is 0 Å². The molecule has 6 nitrogen and oxygen atoms in total. The van der Waals surface area contributed by atoms with Gasteiger partial charge in [-0.15, -0.1) is 0 Å². The highest BCUT2D eigenvalue weighted by molar-refractivity contribution is 5.91. The summed E-state index contributed by atoms with van der Waals surface area (Å²) >= 11 is 0. The SMILES string of the molecule is CCC(C)(CNc1cccc(C(N)=O)n1)C(=O)O. The van der Waals surface area contributed by atoms with E-state index in [0.29, 0.717) is 12.2 Å². The molecule has 1 aromatic heterocycles. The van der Waals surface area contributed by atoms with E-state index in [2.05, 4.69) is 10.3 Å². The number of carboxylic acids is 1. The molecule has 1 unspecified atom stereocenters. The standard InChI is InChI=1S/C12H17N3O3/c1-3-12(2,11(17)18)7-14-9-6-4-5-8(15-9)10(13)16/h4-6H,3,7H2,1-2H3,(H2,13,16)(H,14,15)(H,17,18). The molecule has 0 aliphatic rings. The van der Waals surface area contributed by atoms with Crippen molar-refractivity contribution in [1.82, 2.24) is 4.98 Å². The molecule has 98 valence electrons. The summed E-state index contributed by atoms with van der Waals surface area (Å²) in [5.74, 6) is -1.05. The molecule has 6 heteroatoms. The second kappa shape index (κ2) is 5.48. The van der Waals surface area contributed by atoms with Gasteiger partial charge in [0.2, 0.25) is 0 Å². The number of rotatable bonds is 6. The third-order valence-corrected chi connectivity index (χ3v) is 2.96. The lowest BCUT2D eigenvalue weighted by atomic mass is 9.88. The molecule has 1 amide bonds. The number of carbonyl (C=O) groups excluding carboxylic acids is 1. The second-order valence-electron chi connectivity index (χ2n) is 4.35. The molecular weight excluding hydrogens is 234 g/mol. The molecule has 18 heavy (non-hydrogen) atoms. The normalized spacial score (nSPS) is 13.7. The Balaban J connectivity index is 2.77. The quantitative estimate of drug-likeness (QED) is 0.702. The molecule has 0 aromatic carbocycles. The fourth-order valence-electron chi connectivity index (χ4n) is 1.31. The van der Waals surface area contributed by atoms with Crippen LogP contribution in [0, 0.1) is 5.41 Å². The van der Waals surface area contributed by atoms with E-state index in [1.807, 2.05) is 6.92 Å². The number of aromatic nitrogens is 1. The number of amides is 1. The molecule has 0 saturated carbocycles. The number of pyridine rings is 1. The van der Waals surface area contributed by atoms with Crippen LogP contribution in [0.4, 0.5) is 5.82 Å². The van der Waals surface area contributed by atoms with E-state index in [-0.39, 0.29) is 12.2 Å². The topological polar surface area (TPSA) is 105 Å². The zero-order valence-corrected chi connectivity index (χ0v) is 10.4. The zero-order valence-electron chi connectivity index (χ0n) is 10.4. The Morgan fingerprint density at radius 3 is 2.67 bits per heavy atom. The highest BCUT2D eigenvalue weighted by Crippen LogP contribution is 2.21. The number of aliphatic carboxylic acids is 1. The average molecular weight is 251 g/mol. The van der Waals surface area contributed by atoms with Crippen LogP contribution in [0.15, 0.2) is 18.2 Å². The monoisotopic (exact) mass is 251 g/mol. The lowest BCUT2D eigenvalue weighted by Crippen LogP contribution is -2.34. The fraction of sp³-hybridized carbons (Fsp3) is 0.417. The van der Waals surface area contributed by atoms with Gasteiger partial charge in [-0.3, -0.25) is 9.59 Å². The van der Waals surface area contributed by atoms with E-state index < -0.39 is 17.3 Å². The van der Waals surface area contributed by atoms with Gasteiger partial charge in [0.1, 0.15) is 11.5 Å². The molecule has 1 heterocycles. The van der Waals surface area contributed by atoms with Crippen molar-refractivity contribution in [2.24, 2.45) is 11.1 Å². The molecule has 0 saturated heterocycles. The van der Waals surface area contributed by atoms with E-state index in [4.69, 9.17) is 10.8 Å². The van der Waals surface area contributed by atoms with E-state index >= 15 is 0 Å². The van der Waals surface area contributed by atoms with Gasteiger partial charge in [-0.2, -0.15) is 0 Å². The number of hydrogen-bond donors (Lipinski definition) is 3. The minimum atomic E-state index is -0.872. The summed E-state index contributed by atoms with van der Waals surface area (Å²) in [5, 5.41) is 12.0. The third-order valence-electron chi connectivity index (χ3n) is 2.96. The van der Waals surface area contributed by atoms with Gasteiger partial charge in [0.25, 0.3) is 5.91 Å². The van der Waals surface area contributed by atoms with Crippen LogP contribution in [0.25, 0.3) is 0 Å². The molecule has 0 aliphatic heterocycles. The summed E-state index contributed by atoms with van der Waals surface area (Å²) in [4.78, 5) is 26.1. The molecule has 1 atom stereocenters. The molecule has 1 aromatic rings. The highest BCUT2D eigenvalue weighted by atomic mass is 16.4. The zero-order chi connectivity index (χ0) is 13.8. The maximum absolute atomic E-state index is 11.1. The Morgan fingerprint density at radius 1 is 1.50 bits per heavy atom. The molecule has 4 N–H and O–H groups in total. The minimum absolute atomic E-state index is 0.147. The van der Waals surface area contributed by atoms with Gasteiger partial charge in [-0.05, 0) is 25.5 Å². The highest BCUT2D eigenvalue weighted by Gasteiger charge is 2.30. The number of hydrogen-bond acceptors (Lipinski definition) is 4. The van der Waals surface area contributed by atoms with Gasteiger partial charge in [-0.1, -0.05) is 13.0 Å². The maximum atomic E-state index is 11.1. The van der Waals surface area contributed by atoms with E-state index in [9.17, 15) is 9.59 Å². The number of carboxylic acid groups (broad SMARTS) is 1. The average Bonchev–Trinajstić information content (AvgIpc) is 2.36. The summed E-state index contributed by atoms with van der Waals surface area (Å²) < 4.78 is 0. The molecule has 0 spiro atoms. The molecular formula is C12H17N3O3. The Morgan fingerprint density at radius 2 is 2.17 bits per heavy atom. The molecule has 0 bridgehead atoms. The van der Waals surface area contributed by atoms with E-state index in [1.165, 1.54) is 6.07 Å². The van der Waals surface area contributed by atoms with Gasteiger partial charge in [0.05, 0.1) is 5.41 Å². The van der Waals surface area contributed by atoms with Crippen molar-refractivity contribution >= 4 is 17.7 Å². The van der Waals surface area contributed by atoms with Crippen LogP contribution in [0.3, 0.4) is 0 Å². The molecule has 1 rings (SSSR count). The Kier molecular flexibility index (Phi) is 4.25. The predicted molar refractivity (Wildman–Crippen MR) is 67.3 cm³/mol. The van der Waals surface area contributed by atoms with E-state index in [1.54, 1.807) is 19.1 Å². The van der Waals surface area contributed by atoms with Crippen molar-refractivity contribution in [3.05, 3.63) is 23.9 Å². The first-order chi connectivity index (χ1) is 8.39. The fourth-order valence-corrected chi connectivity index (χ4v) is 1.31. The van der Waals surface area contributed by atoms with Gasteiger partial charge in [0.15, 0.2) is 0 Å². The van der Waals surface area contributed by atoms with Crippen molar-refractivity contribution in [2.45, 2.75) is 20.3 Å². The first-order valence-corrected chi connectivity index (χ1v) is 5.63. The van der Waals surface area contributed by atoms with Crippen molar-refractivity contribution in [1.29, 1.82) is 0 Å². The second-order valence-corrected chi connectivity index (χ2v) is 4.35. The van der Waals surface area contributed by atoms with Crippen LogP contribution in [0.1, 0.15) is 30.8 Å². The lowest BCUT2D eigenvalue weighted by Gasteiger charge is -2.23. The number of nitrogens with one attached hydrogen (secondary N) is 1. The Labute approximate surface area is 105 Å². The number of nitrogens with two attached hydrogens (primary N) is 1. The van der Waals surface area contributed by atoms with Crippen LogP contribution >= 0.6 is 0 Å². The van der Waals surface area contributed by atoms with Gasteiger partial charge in [0, 0.05) is 6.54 Å². The van der Waals surface area contributed by atoms with Gasteiger partial charge in [-0.25, -0.2) is 4.98 Å². The van der Waals surface area contributed by atoms with Crippen molar-refractivity contribution in [3.8, 4) is 0 Å². The van der Waals surface area contributed by atoms with Crippen LogP contribution < -0.4 is 11.1 Å². The number of carbonyl (C=O) groups is 2. The number of nitrogens with zero attached hydrogens (tertiary/aromatic N) is 1. The number of primary amides is 1. The van der Waals surface area contributed by atoms with Gasteiger partial charge < -0.3 is 16.2 Å². The molecule has 0 aliphatic carbocycles. The summed E-state index contributed by atoms with van der Waals surface area (Å²) in [5.41, 5.74) is 4.39. The first kappa shape index (κ1) is 14.0. The summed E-state index contributed by atoms with van der Waals surface area (Å²) in [7, 11) is 0. The predicted octanol–water partition coefficient (Wildman–Crippen LogP) is 1.09. The third kappa shape index (κ3) is 3.19. The summed E-state index contributed by atoms with van der Waals surface area (Å²) in [6.07, 6.45) is 0.491. The van der Waals surface area contributed by atoms with Crippen molar-refractivity contribution < 1.29 is 14.7 Å².